The average Bonchev–Trinajstić information content (AvgIpc) is 3.20. The summed E-state index contributed by atoms with van der Waals surface area (Å²) in [6.07, 6.45) is 1.59. The maximum atomic E-state index is 13.6. The van der Waals surface area contributed by atoms with E-state index in [1.54, 1.807) is 15.4 Å². The van der Waals surface area contributed by atoms with Crippen molar-refractivity contribution in [3.63, 3.8) is 0 Å². The predicted octanol–water partition coefficient (Wildman–Crippen LogP) is 4.50. The zero-order chi connectivity index (χ0) is 20.7. The number of para-hydroxylation sites is 1. The first-order chi connectivity index (χ1) is 14.6. The van der Waals surface area contributed by atoms with Crippen LogP contribution >= 0.6 is 25.2 Å². The van der Waals surface area contributed by atoms with Crippen LogP contribution in [0, 0.1) is 0 Å². The number of hydrogen-bond donors (Lipinski definition) is 0. The smallest absolute Gasteiger partial charge is 0.268 e. The van der Waals surface area contributed by atoms with E-state index in [1.807, 2.05) is 78.9 Å². The highest BCUT2D eigenvalue weighted by atomic mass is 79.9. The van der Waals surface area contributed by atoms with Crippen LogP contribution in [-0.2, 0) is 0 Å². The fourth-order valence-corrected chi connectivity index (χ4v) is 3.98. The molecule has 5 rings (SSSR count). The van der Waals surface area contributed by atoms with Crippen LogP contribution in [-0.4, -0.2) is 19.3 Å². The van der Waals surface area contributed by atoms with Crippen LogP contribution in [0.25, 0.3) is 33.8 Å². The number of nitrogens with zero attached hydrogens (tertiary/aromatic N) is 4. The topological polar surface area (TPSA) is 52.7 Å². The second-order valence-electron chi connectivity index (χ2n) is 6.81. The molecule has 2 heterocycles. The molecule has 0 saturated heterocycles. The molecule has 0 aliphatic heterocycles. The summed E-state index contributed by atoms with van der Waals surface area (Å²) < 4.78 is 4.29. The minimum atomic E-state index is -0.159. The van der Waals surface area contributed by atoms with Crippen LogP contribution in [0.4, 0.5) is 0 Å². The van der Waals surface area contributed by atoms with Gasteiger partial charge in [-0.2, -0.15) is 5.10 Å². The molecule has 1 atom stereocenters. The van der Waals surface area contributed by atoms with Crippen molar-refractivity contribution in [3.8, 4) is 22.8 Å². The van der Waals surface area contributed by atoms with Crippen molar-refractivity contribution < 1.29 is 0 Å². The van der Waals surface area contributed by atoms with Crippen LogP contribution < -0.4 is 10.9 Å². The lowest BCUT2D eigenvalue weighted by atomic mass is 10.2. The quantitative estimate of drug-likeness (QED) is 0.361. The number of halogens is 1. The summed E-state index contributed by atoms with van der Waals surface area (Å²) in [6.45, 7) is 0. The lowest BCUT2D eigenvalue weighted by molar-refractivity contribution is 0.888. The molecule has 2 aromatic heterocycles. The molecule has 0 fully saturated rings. The molecule has 30 heavy (non-hydrogen) atoms. The molecule has 0 amide bonds. The molecular formula is C23H16BrN4OP. The van der Waals surface area contributed by atoms with Gasteiger partial charge in [0.1, 0.15) is 11.2 Å². The van der Waals surface area contributed by atoms with Crippen molar-refractivity contribution in [3.05, 3.63) is 99.9 Å². The zero-order valence-electron chi connectivity index (χ0n) is 15.7. The lowest BCUT2D eigenvalue weighted by Crippen LogP contribution is -2.22. The Morgan fingerprint density at radius 2 is 1.63 bits per heavy atom. The molecule has 1 unspecified atom stereocenters. The van der Waals surface area contributed by atoms with Gasteiger partial charge in [0.15, 0.2) is 5.65 Å². The number of hydrogen-bond acceptors (Lipinski definition) is 3. The minimum Gasteiger partial charge on any atom is -0.268 e. The molecule has 0 radical (unpaired) electrons. The van der Waals surface area contributed by atoms with Gasteiger partial charge in [-0.3, -0.25) is 9.36 Å². The van der Waals surface area contributed by atoms with Crippen molar-refractivity contribution >= 4 is 41.5 Å². The molecule has 0 aliphatic rings. The minimum absolute atomic E-state index is 0.159. The van der Waals surface area contributed by atoms with E-state index in [4.69, 9.17) is 4.98 Å². The highest BCUT2D eigenvalue weighted by molar-refractivity contribution is 9.10. The van der Waals surface area contributed by atoms with E-state index in [2.05, 4.69) is 30.3 Å². The van der Waals surface area contributed by atoms with Gasteiger partial charge in [0, 0.05) is 10.0 Å². The first kappa shape index (κ1) is 18.9. The standard InChI is InChI=1S/C23H16BrN4OP/c24-16-9-11-17(12-10-16)27-21(15-5-4-8-19(30)13-15)26-22-20(23(27)29)14-25-28(22)18-6-2-1-3-7-18/h1-14H,30H2. The first-order valence-electron chi connectivity index (χ1n) is 9.30. The first-order valence-corrected chi connectivity index (χ1v) is 10.7. The third kappa shape index (κ3) is 3.28. The second kappa shape index (κ2) is 7.63. The third-order valence-electron chi connectivity index (χ3n) is 4.83. The SMILES string of the molecule is O=c1c2cnn(-c3ccccc3)c2nc(-c2cccc(P)c2)n1-c1ccc(Br)cc1. The summed E-state index contributed by atoms with van der Waals surface area (Å²) in [7, 11) is 2.69. The number of rotatable bonds is 3. The van der Waals surface area contributed by atoms with Gasteiger partial charge in [-0.1, -0.05) is 52.3 Å². The fraction of sp³-hybridized carbons (Fsp3) is 0. The summed E-state index contributed by atoms with van der Waals surface area (Å²) in [5, 5.41) is 5.94. The van der Waals surface area contributed by atoms with Gasteiger partial charge < -0.3 is 0 Å². The van der Waals surface area contributed by atoms with E-state index in [0.29, 0.717) is 16.9 Å². The molecule has 3 aromatic carbocycles. The molecule has 0 spiro atoms. The van der Waals surface area contributed by atoms with E-state index >= 15 is 0 Å². The molecule has 5 aromatic rings. The van der Waals surface area contributed by atoms with Crippen LogP contribution in [0.3, 0.4) is 0 Å². The van der Waals surface area contributed by atoms with Crippen molar-refractivity contribution in [2.75, 3.05) is 0 Å². The van der Waals surface area contributed by atoms with Gasteiger partial charge in [0.2, 0.25) is 0 Å². The Balaban J connectivity index is 1.86. The van der Waals surface area contributed by atoms with Gasteiger partial charge in [0.25, 0.3) is 5.56 Å². The molecule has 5 nitrogen and oxygen atoms in total. The summed E-state index contributed by atoms with van der Waals surface area (Å²) in [6, 6.07) is 25.2. The summed E-state index contributed by atoms with van der Waals surface area (Å²) in [4.78, 5) is 18.5. The maximum absolute atomic E-state index is 13.6. The van der Waals surface area contributed by atoms with Gasteiger partial charge in [-0.15, -0.1) is 9.24 Å². The Kier molecular flexibility index (Phi) is 4.81. The Morgan fingerprint density at radius 1 is 0.867 bits per heavy atom. The lowest BCUT2D eigenvalue weighted by Gasteiger charge is -2.14. The van der Waals surface area contributed by atoms with Gasteiger partial charge in [-0.05, 0) is 47.8 Å². The van der Waals surface area contributed by atoms with E-state index < -0.39 is 0 Å². The fourth-order valence-electron chi connectivity index (χ4n) is 3.43. The summed E-state index contributed by atoms with van der Waals surface area (Å²) >= 11 is 3.46. The van der Waals surface area contributed by atoms with E-state index in [-0.39, 0.29) is 5.56 Å². The molecule has 0 bridgehead atoms. The summed E-state index contributed by atoms with van der Waals surface area (Å²) in [5.41, 5.74) is 2.82. The van der Waals surface area contributed by atoms with Crippen LogP contribution in [0.2, 0.25) is 0 Å². The van der Waals surface area contributed by atoms with E-state index in [9.17, 15) is 4.79 Å². The Bertz CT molecular complexity index is 1430. The largest absolute Gasteiger partial charge is 0.269 e. The van der Waals surface area contributed by atoms with Crippen LogP contribution in [0.1, 0.15) is 0 Å². The third-order valence-corrected chi connectivity index (χ3v) is 5.72. The molecule has 0 aliphatic carbocycles. The molecule has 146 valence electrons. The maximum Gasteiger partial charge on any atom is 0.269 e. The monoisotopic (exact) mass is 474 g/mol. The predicted molar refractivity (Wildman–Crippen MR) is 127 cm³/mol. The average molecular weight is 475 g/mol. The van der Waals surface area contributed by atoms with E-state index in [0.717, 1.165) is 26.7 Å². The molecular weight excluding hydrogens is 459 g/mol. The summed E-state index contributed by atoms with van der Waals surface area (Å²) in [5.74, 6) is 0.566. The van der Waals surface area contributed by atoms with Crippen molar-refractivity contribution in [1.29, 1.82) is 0 Å². The van der Waals surface area contributed by atoms with E-state index in [1.165, 1.54) is 0 Å². The van der Waals surface area contributed by atoms with Gasteiger partial charge in [-0.25, -0.2) is 9.67 Å². The molecule has 0 N–H and O–H groups in total. The Morgan fingerprint density at radius 3 is 2.37 bits per heavy atom. The van der Waals surface area contributed by atoms with Crippen molar-refractivity contribution in [2.24, 2.45) is 0 Å². The van der Waals surface area contributed by atoms with Gasteiger partial charge in [0.05, 0.1) is 17.6 Å². The molecule has 0 saturated carbocycles. The van der Waals surface area contributed by atoms with Crippen molar-refractivity contribution in [1.82, 2.24) is 19.3 Å². The number of aromatic nitrogens is 4. The van der Waals surface area contributed by atoms with Crippen molar-refractivity contribution in [2.45, 2.75) is 0 Å². The highest BCUT2D eigenvalue weighted by Crippen LogP contribution is 2.24. The van der Waals surface area contributed by atoms with Gasteiger partial charge >= 0.3 is 0 Å². The number of benzene rings is 3. The zero-order valence-corrected chi connectivity index (χ0v) is 18.5. The van der Waals surface area contributed by atoms with Crippen LogP contribution in [0.15, 0.2) is 94.3 Å². The second-order valence-corrected chi connectivity index (χ2v) is 8.39. The molecule has 7 heteroatoms. The Labute approximate surface area is 183 Å². The normalized spacial score (nSPS) is 11.1. The Hall–Kier alpha value is -3.08. The van der Waals surface area contributed by atoms with Crippen LogP contribution in [0.5, 0.6) is 0 Å². The highest BCUT2D eigenvalue weighted by Gasteiger charge is 2.18. The number of fused-ring (bicyclic) bond motifs is 1.